The monoisotopic (exact) mass is 326 g/mol. The highest BCUT2D eigenvalue weighted by Crippen LogP contribution is 2.14. The average molecular weight is 326 g/mol. The van der Waals surface area contributed by atoms with Crippen LogP contribution in [0.25, 0.3) is 0 Å². The third kappa shape index (κ3) is 4.19. The minimum Gasteiger partial charge on any atom is -0.478 e. The highest BCUT2D eigenvalue weighted by molar-refractivity contribution is 5.99. The Morgan fingerprint density at radius 3 is 1.50 bits per heavy atom. The molecule has 6 nitrogen and oxygen atoms in total. The average Bonchev–Trinajstić information content (AvgIpc) is 2.59. The van der Waals surface area contributed by atoms with Crippen LogP contribution in [0.4, 0.5) is 0 Å². The Bertz CT molecular complexity index is 750. The number of carboxylic acids is 1. The van der Waals surface area contributed by atoms with E-state index < -0.39 is 17.8 Å². The zero-order valence-corrected chi connectivity index (χ0v) is 13.4. The maximum absolute atomic E-state index is 12.0. The Labute approximate surface area is 139 Å². The number of carbonyl (C=O) groups excluding carboxylic acids is 2. The molecule has 0 saturated heterocycles. The lowest BCUT2D eigenvalue weighted by Gasteiger charge is -2.09. The largest absolute Gasteiger partial charge is 0.478 e. The van der Waals surface area contributed by atoms with Crippen LogP contribution in [-0.2, 0) is 0 Å². The molecule has 2 rings (SSSR count). The third-order valence-corrected chi connectivity index (χ3v) is 3.52. The predicted octanol–water partition coefficient (Wildman–Crippen LogP) is 2.58. The normalized spacial score (nSPS) is 10.3. The second-order valence-corrected chi connectivity index (χ2v) is 5.57. The molecule has 24 heavy (non-hydrogen) atoms. The Balaban J connectivity index is 1.95. The number of rotatable bonds is 4. The molecule has 0 spiro atoms. The summed E-state index contributed by atoms with van der Waals surface area (Å²) in [7, 11) is 0. The first kappa shape index (κ1) is 17.2. The number of hydrogen-bond donors (Lipinski definition) is 3. The van der Waals surface area contributed by atoms with Gasteiger partial charge in [-0.3, -0.25) is 20.4 Å². The maximum atomic E-state index is 12.0. The van der Waals surface area contributed by atoms with Crippen molar-refractivity contribution in [3.05, 3.63) is 70.8 Å². The van der Waals surface area contributed by atoms with Crippen molar-refractivity contribution >= 4 is 17.8 Å². The van der Waals surface area contributed by atoms with Crippen LogP contribution in [0.1, 0.15) is 56.4 Å². The van der Waals surface area contributed by atoms with Gasteiger partial charge in [-0.15, -0.1) is 0 Å². The van der Waals surface area contributed by atoms with Crippen molar-refractivity contribution in [2.24, 2.45) is 0 Å². The fraction of sp³-hybridized carbons (Fsp3) is 0.167. The molecule has 0 saturated carbocycles. The van der Waals surface area contributed by atoms with Crippen LogP contribution in [0.3, 0.4) is 0 Å². The lowest BCUT2D eigenvalue weighted by atomic mass is 10.0. The van der Waals surface area contributed by atoms with Crippen molar-refractivity contribution in [2.75, 3.05) is 0 Å². The Hall–Kier alpha value is -3.15. The molecule has 0 unspecified atom stereocenters. The first-order valence-corrected chi connectivity index (χ1v) is 7.42. The van der Waals surface area contributed by atoms with E-state index in [9.17, 15) is 14.4 Å². The summed E-state index contributed by atoms with van der Waals surface area (Å²) < 4.78 is 0. The topological polar surface area (TPSA) is 95.5 Å². The van der Waals surface area contributed by atoms with Gasteiger partial charge in [-0.25, -0.2) is 4.79 Å². The van der Waals surface area contributed by atoms with Crippen molar-refractivity contribution in [1.82, 2.24) is 10.9 Å². The van der Waals surface area contributed by atoms with E-state index in [-0.39, 0.29) is 11.1 Å². The van der Waals surface area contributed by atoms with Gasteiger partial charge in [0.1, 0.15) is 0 Å². The van der Waals surface area contributed by atoms with Crippen LogP contribution in [-0.4, -0.2) is 22.9 Å². The van der Waals surface area contributed by atoms with Gasteiger partial charge in [0.2, 0.25) is 0 Å². The first-order chi connectivity index (χ1) is 11.4. The lowest BCUT2D eigenvalue weighted by Crippen LogP contribution is -2.41. The molecule has 124 valence electrons. The molecule has 0 aromatic heterocycles. The molecule has 0 aliphatic heterocycles. The summed E-state index contributed by atoms with van der Waals surface area (Å²) >= 11 is 0. The molecule has 2 aromatic carbocycles. The summed E-state index contributed by atoms with van der Waals surface area (Å²) in [5, 5.41) is 8.81. The van der Waals surface area contributed by atoms with Crippen LogP contribution in [0.2, 0.25) is 0 Å². The standard InChI is InChI=1S/C18H18N2O4/c1-11(2)12-3-5-13(6-4-12)16(21)19-20-17(22)14-7-9-15(10-8-14)18(23)24/h3-11H,1-2H3,(H,19,21)(H,20,22)(H,23,24). The smallest absolute Gasteiger partial charge is 0.335 e. The molecule has 0 aliphatic rings. The third-order valence-electron chi connectivity index (χ3n) is 3.52. The molecular weight excluding hydrogens is 308 g/mol. The van der Waals surface area contributed by atoms with Crippen LogP contribution in [0.15, 0.2) is 48.5 Å². The molecule has 0 radical (unpaired) electrons. The SMILES string of the molecule is CC(C)c1ccc(C(=O)NNC(=O)c2ccc(C(=O)O)cc2)cc1. The molecule has 0 fully saturated rings. The van der Waals surface area contributed by atoms with Crippen LogP contribution < -0.4 is 10.9 Å². The Morgan fingerprint density at radius 2 is 1.12 bits per heavy atom. The predicted molar refractivity (Wildman–Crippen MR) is 88.9 cm³/mol. The quantitative estimate of drug-likeness (QED) is 0.753. The lowest BCUT2D eigenvalue weighted by molar-refractivity contribution is 0.0696. The summed E-state index contributed by atoms with van der Waals surface area (Å²) in [5.74, 6) is -1.66. The number of amides is 2. The van der Waals surface area contributed by atoms with Gasteiger partial charge < -0.3 is 5.11 Å². The van der Waals surface area contributed by atoms with E-state index in [1.54, 1.807) is 12.1 Å². The Morgan fingerprint density at radius 1 is 0.750 bits per heavy atom. The highest BCUT2D eigenvalue weighted by Gasteiger charge is 2.10. The first-order valence-electron chi connectivity index (χ1n) is 7.42. The number of carboxylic acid groups (broad SMARTS) is 1. The number of aromatic carboxylic acids is 1. The molecule has 0 bridgehead atoms. The summed E-state index contributed by atoms with van der Waals surface area (Å²) in [4.78, 5) is 34.7. The van der Waals surface area contributed by atoms with Gasteiger partial charge in [0, 0.05) is 11.1 Å². The van der Waals surface area contributed by atoms with Crippen LogP contribution in [0, 0.1) is 0 Å². The molecular formula is C18H18N2O4. The zero-order chi connectivity index (χ0) is 17.7. The second-order valence-electron chi connectivity index (χ2n) is 5.57. The van der Waals surface area contributed by atoms with Crippen LogP contribution in [0.5, 0.6) is 0 Å². The number of benzene rings is 2. The molecule has 2 amide bonds. The van der Waals surface area contributed by atoms with Crippen molar-refractivity contribution in [2.45, 2.75) is 19.8 Å². The van der Waals surface area contributed by atoms with Gasteiger partial charge in [0.15, 0.2) is 0 Å². The number of hydrogen-bond acceptors (Lipinski definition) is 3. The van der Waals surface area contributed by atoms with Crippen molar-refractivity contribution in [3.63, 3.8) is 0 Å². The van der Waals surface area contributed by atoms with E-state index in [1.807, 2.05) is 12.1 Å². The molecule has 3 N–H and O–H groups in total. The van der Waals surface area contributed by atoms with Gasteiger partial charge in [-0.05, 0) is 47.9 Å². The van der Waals surface area contributed by atoms with Gasteiger partial charge >= 0.3 is 5.97 Å². The summed E-state index contributed by atoms with van der Waals surface area (Å²) in [6, 6.07) is 12.5. The summed E-state index contributed by atoms with van der Waals surface area (Å²) in [5.41, 5.74) is 6.51. The molecule has 2 aromatic rings. The van der Waals surface area contributed by atoms with E-state index >= 15 is 0 Å². The number of hydrazine groups is 1. The van der Waals surface area contributed by atoms with E-state index in [1.165, 1.54) is 24.3 Å². The van der Waals surface area contributed by atoms with Crippen LogP contribution >= 0.6 is 0 Å². The summed E-state index contributed by atoms with van der Waals surface area (Å²) in [6.07, 6.45) is 0. The highest BCUT2D eigenvalue weighted by atomic mass is 16.4. The molecule has 0 atom stereocenters. The molecule has 0 aliphatic carbocycles. The minimum absolute atomic E-state index is 0.0841. The van der Waals surface area contributed by atoms with E-state index in [4.69, 9.17) is 5.11 Å². The molecule has 6 heteroatoms. The van der Waals surface area contributed by atoms with Gasteiger partial charge in [-0.1, -0.05) is 26.0 Å². The van der Waals surface area contributed by atoms with Gasteiger partial charge in [-0.2, -0.15) is 0 Å². The fourth-order valence-electron chi connectivity index (χ4n) is 2.04. The zero-order valence-electron chi connectivity index (χ0n) is 13.4. The van der Waals surface area contributed by atoms with E-state index in [0.29, 0.717) is 11.5 Å². The minimum atomic E-state index is -1.07. The fourth-order valence-corrected chi connectivity index (χ4v) is 2.04. The Kier molecular flexibility index (Phi) is 5.31. The van der Waals surface area contributed by atoms with Gasteiger partial charge in [0.25, 0.3) is 11.8 Å². The van der Waals surface area contributed by atoms with Crippen molar-refractivity contribution in [3.8, 4) is 0 Å². The second kappa shape index (κ2) is 7.41. The number of nitrogens with one attached hydrogen (secondary N) is 2. The molecule has 0 heterocycles. The van der Waals surface area contributed by atoms with E-state index in [0.717, 1.165) is 5.56 Å². The summed E-state index contributed by atoms with van der Waals surface area (Å²) in [6.45, 7) is 4.12. The van der Waals surface area contributed by atoms with Gasteiger partial charge in [0.05, 0.1) is 5.56 Å². The van der Waals surface area contributed by atoms with E-state index in [2.05, 4.69) is 24.7 Å². The van der Waals surface area contributed by atoms with Crippen molar-refractivity contribution < 1.29 is 19.5 Å². The number of carbonyl (C=O) groups is 3. The maximum Gasteiger partial charge on any atom is 0.335 e. The van der Waals surface area contributed by atoms with Crippen molar-refractivity contribution in [1.29, 1.82) is 0 Å².